The van der Waals surface area contributed by atoms with E-state index in [1.807, 2.05) is 31.2 Å². The standard InChI is InChI=1S/C31H24O10/c1-2-23(17-3-7-19(8-4-17)40-21-11-13-24(28(32)33)26(15-21)30(36)37)18-5-9-20(10-6-18)41-22-12-14-25(29(34)35)27(16-22)31(38)39/h3-16,23H,2H2,1H3,(H,32,33)(H,34,35)(H,36,37)(H,38,39). The van der Waals surface area contributed by atoms with Gasteiger partial charge in [-0.05, 0) is 78.2 Å². The average Bonchev–Trinajstić information content (AvgIpc) is 2.95. The van der Waals surface area contributed by atoms with Gasteiger partial charge in [0.05, 0.1) is 22.3 Å². The van der Waals surface area contributed by atoms with Crippen LogP contribution in [-0.4, -0.2) is 44.3 Å². The highest BCUT2D eigenvalue weighted by atomic mass is 16.5. The van der Waals surface area contributed by atoms with Gasteiger partial charge < -0.3 is 29.9 Å². The van der Waals surface area contributed by atoms with Crippen molar-refractivity contribution in [2.24, 2.45) is 0 Å². The summed E-state index contributed by atoms with van der Waals surface area (Å²) in [5, 5.41) is 37.0. The van der Waals surface area contributed by atoms with E-state index in [9.17, 15) is 39.6 Å². The van der Waals surface area contributed by atoms with E-state index in [2.05, 4.69) is 0 Å². The second-order valence-corrected chi connectivity index (χ2v) is 8.94. The van der Waals surface area contributed by atoms with Crippen LogP contribution in [-0.2, 0) is 0 Å². The predicted octanol–water partition coefficient (Wildman–Crippen LogP) is 6.61. The third-order valence-corrected chi connectivity index (χ3v) is 6.35. The van der Waals surface area contributed by atoms with E-state index < -0.39 is 23.9 Å². The van der Waals surface area contributed by atoms with E-state index in [1.165, 1.54) is 36.4 Å². The highest BCUT2D eigenvalue weighted by Gasteiger charge is 2.19. The van der Waals surface area contributed by atoms with Crippen molar-refractivity contribution in [3.63, 3.8) is 0 Å². The van der Waals surface area contributed by atoms with Crippen molar-refractivity contribution in [2.75, 3.05) is 0 Å². The van der Waals surface area contributed by atoms with Crippen LogP contribution in [0.4, 0.5) is 0 Å². The predicted molar refractivity (Wildman–Crippen MR) is 146 cm³/mol. The van der Waals surface area contributed by atoms with Gasteiger partial charge in [0.25, 0.3) is 0 Å². The average molecular weight is 557 g/mol. The lowest BCUT2D eigenvalue weighted by Crippen LogP contribution is -2.08. The summed E-state index contributed by atoms with van der Waals surface area (Å²) in [4.78, 5) is 45.4. The van der Waals surface area contributed by atoms with Crippen LogP contribution < -0.4 is 9.47 Å². The number of hydrogen-bond donors (Lipinski definition) is 4. The van der Waals surface area contributed by atoms with Crippen molar-refractivity contribution in [1.82, 2.24) is 0 Å². The van der Waals surface area contributed by atoms with Gasteiger partial charge in [0.15, 0.2) is 0 Å². The molecule has 0 atom stereocenters. The normalized spacial score (nSPS) is 10.7. The van der Waals surface area contributed by atoms with Crippen LogP contribution >= 0.6 is 0 Å². The zero-order chi connectivity index (χ0) is 29.7. The maximum Gasteiger partial charge on any atom is 0.336 e. The first-order valence-corrected chi connectivity index (χ1v) is 12.3. The summed E-state index contributed by atoms with van der Waals surface area (Å²) in [5.41, 5.74) is 0.592. The van der Waals surface area contributed by atoms with E-state index in [4.69, 9.17) is 9.47 Å². The molecule has 0 aromatic heterocycles. The molecule has 10 nitrogen and oxygen atoms in total. The molecule has 0 aliphatic carbocycles. The van der Waals surface area contributed by atoms with E-state index in [-0.39, 0.29) is 39.7 Å². The van der Waals surface area contributed by atoms with Gasteiger partial charge in [0, 0.05) is 5.92 Å². The zero-order valence-electron chi connectivity index (χ0n) is 21.6. The van der Waals surface area contributed by atoms with Gasteiger partial charge >= 0.3 is 23.9 Å². The Labute approximate surface area is 233 Å². The topological polar surface area (TPSA) is 168 Å². The number of carboxylic acids is 4. The van der Waals surface area contributed by atoms with Crippen LogP contribution in [0.2, 0.25) is 0 Å². The van der Waals surface area contributed by atoms with E-state index in [0.29, 0.717) is 11.5 Å². The number of rotatable bonds is 11. The summed E-state index contributed by atoms with van der Waals surface area (Å²) in [6.07, 6.45) is 0.775. The van der Waals surface area contributed by atoms with Gasteiger partial charge in [0.1, 0.15) is 23.0 Å². The number of ether oxygens (including phenoxy) is 2. The van der Waals surface area contributed by atoms with Crippen molar-refractivity contribution in [3.05, 3.63) is 118 Å². The van der Waals surface area contributed by atoms with Crippen molar-refractivity contribution in [2.45, 2.75) is 19.3 Å². The number of benzene rings is 4. The largest absolute Gasteiger partial charge is 0.478 e. The fourth-order valence-electron chi connectivity index (χ4n) is 4.37. The minimum Gasteiger partial charge on any atom is -0.478 e. The molecule has 0 bridgehead atoms. The molecule has 0 unspecified atom stereocenters. The molecule has 0 aliphatic rings. The minimum absolute atomic E-state index is 0.0278. The maximum absolute atomic E-state index is 11.4. The lowest BCUT2D eigenvalue weighted by molar-refractivity contribution is 0.0651. The summed E-state index contributed by atoms with van der Waals surface area (Å²) in [6, 6.07) is 22.0. The van der Waals surface area contributed by atoms with Gasteiger partial charge in [-0.3, -0.25) is 0 Å². The molecule has 0 amide bonds. The fraction of sp³-hybridized carbons (Fsp3) is 0.0968. The van der Waals surface area contributed by atoms with Gasteiger partial charge in [0.2, 0.25) is 0 Å². The third kappa shape index (κ3) is 6.51. The summed E-state index contributed by atoms with van der Waals surface area (Å²) in [6.45, 7) is 2.04. The second-order valence-electron chi connectivity index (χ2n) is 8.94. The highest BCUT2D eigenvalue weighted by molar-refractivity contribution is 6.02. The lowest BCUT2D eigenvalue weighted by Gasteiger charge is -2.17. The van der Waals surface area contributed by atoms with Crippen LogP contribution in [0.15, 0.2) is 84.9 Å². The third-order valence-electron chi connectivity index (χ3n) is 6.35. The molecule has 4 rings (SSSR count). The Morgan fingerprint density at radius 3 is 1.12 bits per heavy atom. The molecular formula is C31H24O10. The Morgan fingerprint density at radius 1 is 0.512 bits per heavy atom. The fourth-order valence-corrected chi connectivity index (χ4v) is 4.37. The number of hydrogen-bond acceptors (Lipinski definition) is 6. The number of aromatic carboxylic acids is 4. The molecular weight excluding hydrogens is 532 g/mol. The molecule has 0 heterocycles. The van der Waals surface area contributed by atoms with Gasteiger partial charge in [-0.2, -0.15) is 0 Å². The molecule has 0 fully saturated rings. The van der Waals surface area contributed by atoms with Gasteiger partial charge in [-0.1, -0.05) is 31.2 Å². The van der Waals surface area contributed by atoms with Crippen LogP contribution in [0.5, 0.6) is 23.0 Å². The number of carboxylic acid groups (broad SMARTS) is 4. The molecule has 4 aromatic rings. The molecule has 0 spiro atoms. The Morgan fingerprint density at radius 2 is 0.829 bits per heavy atom. The molecule has 4 aromatic carbocycles. The van der Waals surface area contributed by atoms with E-state index >= 15 is 0 Å². The van der Waals surface area contributed by atoms with Crippen LogP contribution in [0.3, 0.4) is 0 Å². The van der Waals surface area contributed by atoms with Gasteiger partial charge in [-0.25, -0.2) is 19.2 Å². The SMILES string of the molecule is CCC(c1ccc(Oc2ccc(C(=O)O)c(C(=O)O)c2)cc1)c1ccc(Oc2ccc(C(=O)O)c(C(=O)O)c2)cc1. The monoisotopic (exact) mass is 556 g/mol. The van der Waals surface area contributed by atoms with Gasteiger partial charge in [-0.15, -0.1) is 0 Å². The molecule has 4 N–H and O–H groups in total. The van der Waals surface area contributed by atoms with Crippen molar-refractivity contribution in [3.8, 4) is 23.0 Å². The Balaban J connectivity index is 1.48. The summed E-state index contributed by atoms with van der Waals surface area (Å²) >= 11 is 0. The van der Waals surface area contributed by atoms with Crippen LogP contribution in [0, 0.1) is 0 Å². The summed E-state index contributed by atoms with van der Waals surface area (Å²) < 4.78 is 11.5. The smallest absolute Gasteiger partial charge is 0.336 e. The maximum atomic E-state index is 11.4. The van der Waals surface area contributed by atoms with Crippen molar-refractivity contribution < 1.29 is 49.1 Å². The Hall–Kier alpha value is -5.64. The highest BCUT2D eigenvalue weighted by Crippen LogP contribution is 2.33. The van der Waals surface area contributed by atoms with Crippen LogP contribution in [0.1, 0.15) is 71.8 Å². The Bertz CT molecular complexity index is 1500. The molecule has 0 saturated carbocycles. The molecule has 208 valence electrons. The first-order valence-electron chi connectivity index (χ1n) is 12.3. The van der Waals surface area contributed by atoms with Crippen molar-refractivity contribution in [1.29, 1.82) is 0 Å². The number of carbonyl (C=O) groups is 4. The van der Waals surface area contributed by atoms with Crippen LogP contribution in [0.25, 0.3) is 0 Å². The van der Waals surface area contributed by atoms with E-state index in [1.54, 1.807) is 24.3 Å². The van der Waals surface area contributed by atoms with E-state index in [0.717, 1.165) is 17.5 Å². The first-order chi connectivity index (χ1) is 19.6. The molecule has 0 radical (unpaired) electrons. The zero-order valence-corrected chi connectivity index (χ0v) is 21.6. The second kappa shape index (κ2) is 12.0. The lowest BCUT2D eigenvalue weighted by atomic mass is 9.89. The molecule has 41 heavy (non-hydrogen) atoms. The summed E-state index contributed by atoms with van der Waals surface area (Å²) in [5.74, 6) is -4.12. The first kappa shape index (κ1) is 28.4. The van der Waals surface area contributed by atoms with Crippen molar-refractivity contribution >= 4 is 23.9 Å². The minimum atomic E-state index is -1.37. The molecule has 0 aliphatic heterocycles. The molecule has 0 saturated heterocycles. The molecule has 10 heteroatoms. The summed E-state index contributed by atoms with van der Waals surface area (Å²) in [7, 11) is 0. The Kier molecular flexibility index (Phi) is 8.33. The quantitative estimate of drug-likeness (QED) is 0.158.